The van der Waals surface area contributed by atoms with Crippen LogP contribution in [-0.2, 0) is 4.79 Å². The molecule has 152 valence electrons. The molecule has 0 radical (unpaired) electrons. The lowest BCUT2D eigenvalue weighted by molar-refractivity contribution is -0.117. The van der Waals surface area contributed by atoms with Crippen molar-refractivity contribution in [2.45, 2.75) is 32.6 Å². The Morgan fingerprint density at radius 2 is 1.45 bits per heavy atom. The van der Waals surface area contributed by atoms with Crippen LogP contribution in [0.2, 0.25) is 0 Å². The van der Waals surface area contributed by atoms with Gasteiger partial charge in [0.2, 0.25) is 5.91 Å². The number of nitrogens with one attached hydrogen (secondary N) is 3. The molecule has 0 spiro atoms. The van der Waals surface area contributed by atoms with E-state index in [1.54, 1.807) is 48.5 Å². The first kappa shape index (κ1) is 20.4. The van der Waals surface area contributed by atoms with Crippen LogP contribution in [-0.4, -0.2) is 24.3 Å². The van der Waals surface area contributed by atoms with E-state index in [1.165, 1.54) is 0 Å². The molecule has 7 heteroatoms. The average Bonchev–Trinajstić information content (AvgIpc) is 3.58. The minimum Gasteiger partial charge on any atom is -0.494 e. The van der Waals surface area contributed by atoms with Gasteiger partial charge in [0.25, 0.3) is 11.8 Å². The molecule has 0 heterocycles. The number of hydrogen-bond acceptors (Lipinski definition) is 4. The number of hydrogen-bond donors (Lipinski definition) is 3. The van der Waals surface area contributed by atoms with Gasteiger partial charge in [0, 0.05) is 22.7 Å². The fraction of sp³-hybridized carbons (Fsp3) is 0.318. The van der Waals surface area contributed by atoms with Crippen molar-refractivity contribution in [1.82, 2.24) is 10.9 Å². The van der Waals surface area contributed by atoms with Gasteiger partial charge in [-0.2, -0.15) is 0 Å². The van der Waals surface area contributed by atoms with E-state index in [9.17, 15) is 14.4 Å². The summed E-state index contributed by atoms with van der Waals surface area (Å²) in [6, 6.07) is 13.2. The number of rotatable bonds is 8. The van der Waals surface area contributed by atoms with Crippen molar-refractivity contribution >= 4 is 23.4 Å². The Labute approximate surface area is 169 Å². The molecule has 2 aromatic rings. The van der Waals surface area contributed by atoms with Gasteiger partial charge in [-0.1, -0.05) is 13.3 Å². The molecule has 0 unspecified atom stereocenters. The molecule has 2 aromatic carbocycles. The molecule has 3 rings (SSSR count). The maximum atomic E-state index is 12.2. The summed E-state index contributed by atoms with van der Waals surface area (Å²) in [6.45, 7) is 2.73. The van der Waals surface area contributed by atoms with Gasteiger partial charge in [0.15, 0.2) is 0 Å². The summed E-state index contributed by atoms with van der Waals surface area (Å²) < 4.78 is 5.56. The van der Waals surface area contributed by atoms with E-state index in [1.807, 2.05) is 0 Å². The van der Waals surface area contributed by atoms with Gasteiger partial charge in [0.05, 0.1) is 6.61 Å². The molecule has 7 nitrogen and oxygen atoms in total. The second kappa shape index (κ2) is 9.73. The molecule has 0 aromatic heterocycles. The number of amides is 3. The van der Waals surface area contributed by atoms with Crippen LogP contribution in [0.15, 0.2) is 48.5 Å². The SMILES string of the molecule is CCCCOc1ccc(C(=O)NNC(=O)c2ccc(NC(=O)C3CC3)cc2)cc1. The molecule has 0 saturated heterocycles. The van der Waals surface area contributed by atoms with E-state index in [2.05, 4.69) is 23.1 Å². The lowest BCUT2D eigenvalue weighted by Gasteiger charge is -2.09. The van der Waals surface area contributed by atoms with E-state index in [4.69, 9.17) is 4.74 Å². The predicted octanol–water partition coefficient (Wildman–Crippen LogP) is 3.29. The Bertz CT molecular complexity index is 859. The molecule has 0 atom stereocenters. The van der Waals surface area contributed by atoms with Crippen LogP contribution in [0, 0.1) is 5.92 Å². The summed E-state index contributed by atoms with van der Waals surface area (Å²) in [5, 5.41) is 2.81. The van der Waals surface area contributed by atoms with E-state index < -0.39 is 11.8 Å². The van der Waals surface area contributed by atoms with Crippen molar-refractivity contribution in [2.24, 2.45) is 5.92 Å². The fourth-order valence-electron chi connectivity index (χ4n) is 2.59. The summed E-state index contributed by atoms with van der Waals surface area (Å²) in [7, 11) is 0. The van der Waals surface area contributed by atoms with Crippen LogP contribution in [0.4, 0.5) is 5.69 Å². The largest absolute Gasteiger partial charge is 0.494 e. The van der Waals surface area contributed by atoms with Crippen LogP contribution in [0.1, 0.15) is 53.3 Å². The first-order valence-electron chi connectivity index (χ1n) is 9.81. The monoisotopic (exact) mass is 395 g/mol. The van der Waals surface area contributed by atoms with Crippen LogP contribution in [0.5, 0.6) is 5.75 Å². The van der Waals surface area contributed by atoms with Crippen molar-refractivity contribution in [2.75, 3.05) is 11.9 Å². The van der Waals surface area contributed by atoms with Crippen LogP contribution < -0.4 is 20.9 Å². The van der Waals surface area contributed by atoms with E-state index in [0.29, 0.717) is 29.2 Å². The number of unbranched alkanes of at least 4 members (excludes halogenated alkanes) is 1. The Hall–Kier alpha value is -3.35. The van der Waals surface area contributed by atoms with Crippen LogP contribution >= 0.6 is 0 Å². The number of carbonyl (C=O) groups excluding carboxylic acids is 3. The Morgan fingerprint density at radius 1 is 0.897 bits per heavy atom. The Morgan fingerprint density at radius 3 is 1.97 bits per heavy atom. The van der Waals surface area contributed by atoms with Gasteiger partial charge in [-0.15, -0.1) is 0 Å². The lowest BCUT2D eigenvalue weighted by Crippen LogP contribution is -2.41. The van der Waals surface area contributed by atoms with Crippen LogP contribution in [0.25, 0.3) is 0 Å². The minimum absolute atomic E-state index is 0.0104. The molecule has 29 heavy (non-hydrogen) atoms. The van der Waals surface area contributed by atoms with Crippen molar-refractivity contribution < 1.29 is 19.1 Å². The molecule has 1 aliphatic rings. The molecule has 1 fully saturated rings. The molecule has 0 bridgehead atoms. The number of anilines is 1. The maximum absolute atomic E-state index is 12.2. The van der Waals surface area contributed by atoms with Gasteiger partial charge in [-0.3, -0.25) is 25.2 Å². The van der Waals surface area contributed by atoms with Gasteiger partial charge >= 0.3 is 0 Å². The second-order valence-electron chi connectivity index (χ2n) is 6.98. The second-order valence-corrected chi connectivity index (χ2v) is 6.98. The third kappa shape index (κ3) is 6.07. The smallest absolute Gasteiger partial charge is 0.269 e. The number of carbonyl (C=O) groups is 3. The van der Waals surface area contributed by atoms with Gasteiger partial charge in [0.1, 0.15) is 5.75 Å². The summed E-state index contributed by atoms with van der Waals surface area (Å²) in [6.07, 6.45) is 3.89. The summed E-state index contributed by atoms with van der Waals surface area (Å²) >= 11 is 0. The van der Waals surface area contributed by atoms with Crippen molar-refractivity contribution in [3.8, 4) is 5.75 Å². The Balaban J connectivity index is 1.46. The highest BCUT2D eigenvalue weighted by Crippen LogP contribution is 2.30. The standard InChI is InChI=1S/C22H25N3O4/c1-2-3-14-29-19-12-8-17(9-13-19)22(28)25-24-21(27)16-6-10-18(11-7-16)23-20(26)15-4-5-15/h6-13,15H,2-5,14H2,1H3,(H,23,26)(H,24,27)(H,25,28). The highest BCUT2D eigenvalue weighted by molar-refractivity contribution is 5.99. The Kier molecular flexibility index (Phi) is 6.84. The third-order valence-corrected chi connectivity index (χ3v) is 4.54. The van der Waals surface area contributed by atoms with Gasteiger partial charge in [-0.05, 0) is 67.8 Å². The van der Waals surface area contributed by atoms with Gasteiger partial charge < -0.3 is 10.1 Å². The quantitative estimate of drug-likeness (QED) is 0.472. The number of ether oxygens (including phenoxy) is 1. The number of benzene rings is 2. The highest BCUT2D eigenvalue weighted by atomic mass is 16.5. The molecular weight excluding hydrogens is 370 g/mol. The predicted molar refractivity (Wildman–Crippen MR) is 110 cm³/mol. The van der Waals surface area contributed by atoms with Crippen LogP contribution in [0.3, 0.4) is 0 Å². The van der Waals surface area contributed by atoms with Crippen molar-refractivity contribution in [1.29, 1.82) is 0 Å². The number of hydrazine groups is 1. The zero-order valence-corrected chi connectivity index (χ0v) is 16.4. The van der Waals surface area contributed by atoms with E-state index >= 15 is 0 Å². The summed E-state index contributed by atoms with van der Waals surface area (Å²) in [5.74, 6) is -0.0426. The van der Waals surface area contributed by atoms with E-state index in [0.717, 1.165) is 25.7 Å². The molecule has 3 amide bonds. The summed E-state index contributed by atoms with van der Waals surface area (Å²) in [5.41, 5.74) is 6.20. The lowest BCUT2D eigenvalue weighted by atomic mass is 10.2. The molecule has 0 aliphatic heterocycles. The maximum Gasteiger partial charge on any atom is 0.269 e. The highest BCUT2D eigenvalue weighted by Gasteiger charge is 2.29. The topological polar surface area (TPSA) is 96.5 Å². The van der Waals surface area contributed by atoms with Crippen molar-refractivity contribution in [3.63, 3.8) is 0 Å². The zero-order valence-electron chi connectivity index (χ0n) is 16.4. The fourth-order valence-corrected chi connectivity index (χ4v) is 2.59. The average molecular weight is 395 g/mol. The normalized spacial score (nSPS) is 12.7. The zero-order chi connectivity index (χ0) is 20.6. The molecule has 1 saturated carbocycles. The summed E-state index contributed by atoms with van der Waals surface area (Å²) in [4.78, 5) is 36.1. The third-order valence-electron chi connectivity index (χ3n) is 4.54. The minimum atomic E-state index is -0.446. The van der Waals surface area contributed by atoms with Gasteiger partial charge in [-0.25, -0.2) is 0 Å². The van der Waals surface area contributed by atoms with Crippen molar-refractivity contribution in [3.05, 3.63) is 59.7 Å². The first-order chi connectivity index (χ1) is 14.1. The first-order valence-corrected chi connectivity index (χ1v) is 9.81. The molecular formula is C22H25N3O4. The molecule has 1 aliphatic carbocycles. The van der Waals surface area contributed by atoms with E-state index in [-0.39, 0.29) is 11.8 Å². The molecule has 3 N–H and O–H groups in total.